The van der Waals surface area contributed by atoms with E-state index in [9.17, 15) is 13.2 Å². The Kier molecular flexibility index (Phi) is 5.07. The lowest BCUT2D eigenvalue weighted by Gasteiger charge is -2.30. The Morgan fingerprint density at radius 2 is 1.79 bits per heavy atom. The van der Waals surface area contributed by atoms with Crippen LogP contribution in [0.3, 0.4) is 0 Å². The SMILES string of the molecule is CN(C1CCCCC1)S(=O)(=O)c1ccc2c(c1)C(=O)Nc1cc(Cl)ccc1O2. The Morgan fingerprint density at radius 3 is 2.54 bits per heavy atom. The standard InChI is InChI=1S/C20H21ClN2O4S/c1-23(14-5-3-2-4-6-14)28(25,26)15-8-10-18-16(12-15)20(24)22-17-11-13(21)7-9-19(17)27-18/h7-12,14H,2-6H2,1H3,(H,22,24). The Bertz CT molecular complexity index is 1030. The van der Waals surface area contributed by atoms with Crippen LogP contribution in [0.2, 0.25) is 5.02 Å². The van der Waals surface area contributed by atoms with Gasteiger partial charge in [0.2, 0.25) is 10.0 Å². The first-order valence-corrected chi connectivity index (χ1v) is 11.1. The molecule has 148 valence electrons. The molecule has 1 heterocycles. The first kappa shape index (κ1) is 19.2. The molecular formula is C20H21ClN2O4S. The second kappa shape index (κ2) is 7.39. The lowest BCUT2D eigenvalue weighted by atomic mass is 9.96. The van der Waals surface area contributed by atoms with Crippen molar-refractivity contribution in [3.05, 3.63) is 47.0 Å². The number of hydrogen-bond donors (Lipinski definition) is 1. The summed E-state index contributed by atoms with van der Waals surface area (Å²) in [6.07, 6.45) is 4.93. The van der Waals surface area contributed by atoms with Crippen molar-refractivity contribution < 1.29 is 17.9 Å². The quantitative estimate of drug-likeness (QED) is 0.784. The fourth-order valence-corrected chi connectivity index (χ4v) is 5.35. The van der Waals surface area contributed by atoms with E-state index in [1.807, 2.05) is 0 Å². The summed E-state index contributed by atoms with van der Waals surface area (Å²) < 4.78 is 33.5. The Labute approximate surface area is 169 Å². The Morgan fingerprint density at radius 1 is 1.07 bits per heavy atom. The van der Waals surface area contributed by atoms with Gasteiger partial charge < -0.3 is 10.1 Å². The van der Waals surface area contributed by atoms with Gasteiger partial charge in [-0.2, -0.15) is 4.31 Å². The van der Waals surface area contributed by atoms with E-state index in [-0.39, 0.29) is 16.5 Å². The lowest BCUT2D eigenvalue weighted by molar-refractivity contribution is 0.102. The number of rotatable bonds is 3. The van der Waals surface area contributed by atoms with Gasteiger partial charge in [-0.3, -0.25) is 4.79 Å². The zero-order valence-electron chi connectivity index (χ0n) is 15.4. The van der Waals surface area contributed by atoms with Crippen LogP contribution < -0.4 is 10.1 Å². The number of fused-ring (bicyclic) bond motifs is 2. The van der Waals surface area contributed by atoms with Gasteiger partial charge in [0, 0.05) is 18.1 Å². The van der Waals surface area contributed by atoms with Gasteiger partial charge in [0.1, 0.15) is 5.75 Å². The monoisotopic (exact) mass is 420 g/mol. The molecule has 1 aliphatic heterocycles. The van der Waals surface area contributed by atoms with Gasteiger partial charge in [0.05, 0.1) is 16.1 Å². The molecule has 1 saturated carbocycles. The molecule has 2 aromatic rings. The van der Waals surface area contributed by atoms with E-state index in [1.165, 1.54) is 22.5 Å². The summed E-state index contributed by atoms with van der Waals surface area (Å²) in [5, 5.41) is 3.20. The van der Waals surface area contributed by atoms with Crippen LogP contribution in [0.4, 0.5) is 5.69 Å². The van der Waals surface area contributed by atoms with Gasteiger partial charge >= 0.3 is 0 Å². The number of anilines is 1. The van der Waals surface area contributed by atoms with Crippen molar-refractivity contribution in [2.75, 3.05) is 12.4 Å². The summed E-state index contributed by atoms with van der Waals surface area (Å²) in [5.74, 6) is 0.317. The largest absolute Gasteiger partial charge is 0.454 e. The van der Waals surface area contributed by atoms with Gasteiger partial charge in [0.25, 0.3) is 5.91 Å². The highest BCUT2D eigenvalue weighted by Gasteiger charge is 2.31. The van der Waals surface area contributed by atoms with Gasteiger partial charge in [-0.1, -0.05) is 30.9 Å². The molecule has 6 nitrogen and oxygen atoms in total. The second-order valence-electron chi connectivity index (χ2n) is 7.17. The van der Waals surface area contributed by atoms with Crippen molar-refractivity contribution in [3.8, 4) is 11.5 Å². The van der Waals surface area contributed by atoms with E-state index in [4.69, 9.17) is 16.3 Å². The van der Waals surface area contributed by atoms with Crippen molar-refractivity contribution >= 4 is 33.2 Å². The highest BCUT2D eigenvalue weighted by molar-refractivity contribution is 7.89. The predicted octanol–water partition coefficient (Wildman–Crippen LogP) is 4.65. The topological polar surface area (TPSA) is 75.7 Å². The van der Waals surface area contributed by atoms with Crippen LogP contribution >= 0.6 is 11.6 Å². The van der Waals surface area contributed by atoms with Crippen LogP contribution in [0.25, 0.3) is 0 Å². The van der Waals surface area contributed by atoms with Crippen molar-refractivity contribution in [3.63, 3.8) is 0 Å². The van der Waals surface area contributed by atoms with E-state index in [0.717, 1.165) is 32.1 Å². The molecule has 0 atom stereocenters. The third kappa shape index (κ3) is 3.50. The van der Waals surface area contributed by atoms with Crippen molar-refractivity contribution in [2.45, 2.75) is 43.0 Å². The summed E-state index contributed by atoms with van der Waals surface area (Å²) in [6, 6.07) is 9.31. The summed E-state index contributed by atoms with van der Waals surface area (Å²) in [6.45, 7) is 0. The molecular weight excluding hydrogens is 400 g/mol. The van der Waals surface area contributed by atoms with Crippen LogP contribution in [0.1, 0.15) is 42.5 Å². The molecule has 2 aromatic carbocycles. The molecule has 0 bridgehead atoms. The summed E-state index contributed by atoms with van der Waals surface area (Å²) >= 11 is 5.99. The van der Waals surface area contributed by atoms with Crippen LogP contribution in [0.5, 0.6) is 11.5 Å². The fourth-order valence-electron chi connectivity index (χ4n) is 3.74. The number of nitrogens with one attached hydrogen (secondary N) is 1. The number of carbonyl (C=O) groups excluding carboxylic acids is 1. The van der Waals surface area contributed by atoms with Crippen molar-refractivity contribution in [1.29, 1.82) is 0 Å². The molecule has 1 fully saturated rings. The number of benzene rings is 2. The maximum Gasteiger partial charge on any atom is 0.259 e. The average molecular weight is 421 g/mol. The van der Waals surface area contributed by atoms with Crippen molar-refractivity contribution in [2.24, 2.45) is 0 Å². The lowest BCUT2D eigenvalue weighted by Crippen LogP contribution is -2.38. The van der Waals surface area contributed by atoms with E-state index in [1.54, 1.807) is 25.2 Å². The summed E-state index contributed by atoms with van der Waals surface area (Å²) in [5.41, 5.74) is 0.614. The fraction of sp³-hybridized carbons (Fsp3) is 0.350. The van der Waals surface area contributed by atoms with Crippen LogP contribution in [-0.4, -0.2) is 31.7 Å². The first-order chi connectivity index (χ1) is 13.4. The molecule has 4 rings (SSSR count). The van der Waals surface area contributed by atoms with E-state index < -0.39 is 15.9 Å². The maximum absolute atomic E-state index is 13.1. The van der Waals surface area contributed by atoms with Gasteiger partial charge in [-0.25, -0.2) is 8.42 Å². The minimum atomic E-state index is -3.70. The van der Waals surface area contributed by atoms with E-state index in [2.05, 4.69) is 5.32 Å². The van der Waals surface area contributed by atoms with Crippen LogP contribution in [0, 0.1) is 0 Å². The zero-order valence-corrected chi connectivity index (χ0v) is 17.0. The summed E-state index contributed by atoms with van der Waals surface area (Å²) in [4.78, 5) is 12.8. The molecule has 1 aliphatic carbocycles. The number of nitrogens with zero attached hydrogens (tertiary/aromatic N) is 1. The van der Waals surface area contributed by atoms with Crippen molar-refractivity contribution in [1.82, 2.24) is 4.31 Å². The molecule has 2 aliphatic rings. The number of hydrogen-bond acceptors (Lipinski definition) is 4. The molecule has 0 unspecified atom stereocenters. The molecule has 8 heteroatoms. The zero-order chi connectivity index (χ0) is 19.9. The predicted molar refractivity (Wildman–Crippen MR) is 108 cm³/mol. The third-order valence-electron chi connectivity index (χ3n) is 5.37. The highest BCUT2D eigenvalue weighted by Crippen LogP contribution is 2.38. The number of ether oxygens (including phenoxy) is 1. The molecule has 0 radical (unpaired) electrons. The molecule has 1 N–H and O–H groups in total. The normalized spacial score (nSPS) is 17.3. The molecule has 0 saturated heterocycles. The molecule has 0 spiro atoms. The molecule has 28 heavy (non-hydrogen) atoms. The minimum absolute atomic E-state index is 0.00552. The Hall–Kier alpha value is -2.09. The molecule has 0 aromatic heterocycles. The van der Waals surface area contributed by atoms with Crippen LogP contribution in [-0.2, 0) is 10.0 Å². The average Bonchev–Trinajstić information content (AvgIpc) is 2.83. The van der Waals surface area contributed by atoms with E-state index >= 15 is 0 Å². The van der Waals surface area contributed by atoms with E-state index in [0.29, 0.717) is 22.2 Å². The van der Waals surface area contributed by atoms with Gasteiger partial charge in [-0.15, -0.1) is 0 Å². The van der Waals surface area contributed by atoms with Gasteiger partial charge in [0.15, 0.2) is 5.75 Å². The number of sulfonamides is 1. The number of halogens is 1. The smallest absolute Gasteiger partial charge is 0.259 e. The number of amides is 1. The third-order valence-corrected chi connectivity index (χ3v) is 7.51. The maximum atomic E-state index is 13.1. The molecule has 1 amide bonds. The van der Waals surface area contributed by atoms with Crippen LogP contribution in [0.15, 0.2) is 41.3 Å². The summed E-state index contributed by atoms with van der Waals surface area (Å²) in [7, 11) is -2.09. The Balaban J connectivity index is 1.68. The first-order valence-electron chi connectivity index (χ1n) is 9.27. The highest BCUT2D eigenvalue weighted by atomic mass is 35.5. The van der Waals surface area contributed by atoms with Gasteiger partial charge in [-0.05, 0) is 49.2 Å². The number of carbonyl (C=O) groups is 1. The minimum Gasteiger partial charge on any atom is -0.454 e. The second-order valence-corrected chi connectivity index (χ2v) is 9.60.